The molecule has 0 aromatic rings. The van der Waals surface area contributed by atoms with Crippen molar-refractivity contribution in [3.8, 4) is 0 Å². The highest BCUT2D eigenvalue weighted by Gasteiger charge is 2.20. The molecule has 1 aliphatic rings. The van der Waals surface area contributed by atoms with Gasteiger partial charge >= 0.3 is 5.97 Å². The van der Waals surface area contributed by atoms with Gasteiger partial charge in [0.25, 0.3) is 0 Å². The van der Waals surface area contributed by atoms with Gasteiger partial charge in [-0.05, 0) is 19.4 Å². The van der Waals surface area contributed by atoms with Crippen LogP contribution in [-0.4, -0.2) is 12.1 Å². The minimum absolute atomic E-state index is 0.0533. The van der Waals surface area contributed by atoms with Gasteiger partial charge in [-0.15, -0.1) is 6.58 Å². The zero-order valence-corrected chi connectivity index (χ0v) is 5.96. The molecule has 10 heavy (non-hydrogen) atoms. The summed E-state index contributed by atoms with van der Waals surface area (Å²) in [6, 6.07) is 0. The van der Waals surface area contributed by atoms with Crippen LogP contribution in [0.5, 0.6) is 0 Å². The Balaban J connectivity index is 2.65. The van der Waals surface area contributed by atoms with Gasteiger partial charge in [-0.1, -0.05) is 6.08 Å². The van der Waals surface area contributed by atoms with Crippen LogP contribution in [0.2, 0.25) is 0 Å². The van der Waals surface area contributed by atoms with E-state index in [2.05, 4.69) is 6.58 Å². The highest BCUT2D eigenvalue weighted by atomic mass is 16.5. The van der Waals surface area contributed by atoms with Crippen molar-refractivity contribution in [2.75, 3.05) is 0 Å². The molecule has 54 valence electrons. The number of hydrogen-bond donors (Lipinski definition) is 0. The predicted molar refractivity (Wildman–Crippen MR) is 38.5 cm³/mol. The maximum Gasteiger partial charge on any atom is 0.334 e. The molecule has 0 saturated heterocycles. The topological polar surface area (TPSA) is 26.3 Å². The fourth-order valence-corrected chi connectivity index (χ4v) is 0.937. The highest BCUT2D eigenvalue weighted by molar-refractivity contribution is 5.91. The van der Waals surface area contributed by atoms with Crippen molar-refractivity contribution in [1.29, 1.82) is 0 Å². The average Bonchev–Trinajstić information content (AvgIpc) is 2.13. The third-order valence-electron chi connectivity index (χ3n) is 1.36. The van der Waals surface area contributed by atoms with Crippen molar-refractivity contribution in [3.05, 3.63) is 24.3 Å². The van der Waals surface area contributed by atoms with Gasteiger partial charge in [0.05, 0.1) is 0 Å². The smallest absolute Gasteiger partial charge is 0.334 e. The summed E-state index contributed by atoms with van der Waals surface area (Å²) in [5.74, 6) is -0.201. The highest BCUT2D eigenvalue weighted by Crippen LogP contribution is 2.15. The lowest BCUT2D eigenvalue weighted by Crippen LogP contribution is -2.03. The Bertz CT molecular complexity index is 191. The van der Waals surface area contributed by atoms with Crippen molar-refractivity contribution < 1.29 is 9.53 Å². The molecule has 0 N–H and O–H groups in total. The first kappa shape index (κ1) is 7.06. The summed E-state index contributed by atoms with van der Waals surface area (Å²) in [6.07, 6.45) is 4.08. The summed E-state index contributed by atoms with van der Waals surface area (Å²) in [4.78, 5) is 10.8. The van der Waals surface area contributed by atoms with Crippen LogP contribution in [0.25, 0.3) is 0 Å². The summed E-state index contributed by atoms with van der Waals surface area (Å²) < 4.78 is 4.85. The van der Waals surface area contributed by atoms with Crippen LogP contribution in [0.3, 0.4) is 0 Å². The van der Waals surface area contributed by atoms with Crippen LogP contribution in [0.4, 0.5) is 0 Å². The van der Waals surface area contributed by atoms with Crippen molar-refractivity contribution in [2.24, 2.45) is 0 Å². The maximum atomic E-state index is 10.8. The molecule has 0 bridgehead atoms. The Morgan fingerprint density at radius 3 is 3.00 bits per heavy atom. The first-order chi connectivity index (χ1) is 4.74. The third kappa shape index (κ3) is 1.26. The second-order valence-corrected chi connectivity index (χ2v) is 2.30. The van der Waals surface area contributed by atoms with E-state index in [1.54, 1.807) is 6.08 Å². The van der Waals surface area contributed by atoms with Crippen LogP contribution < -0.4 is 0 Å². The molecule has 0 spiro atoms. The molecule has 0 saturated carbocycles. The van der Waals surface area contributed by atoms with Gasteiger partial charge in [-0.25, -0.2) is 4.79 Å². The van der Waals surface area contributed by atoms with Gasteiger partial charge in [0.1, 0.15) is 6.10 Å². The van der Waals surface area contributed by atoms with Gasteiger partial charge in [0.15, 0.2) is 0 Å². The Morgan fingerprint density at radius 1 is 1.90 bits per heavy atom. The summed E-state index contributed by atoms with van der Waals surface area (Å²) in [5.41, 5.74) is 0.725. The van der Waals surface area contributed by atoms with E-state index in [4.69, 9.17) is 4.74 Å². The number of allylic oxidation sites excluding steroid dienone is 1. The second kappa shape index (κ2) is 2.69. The molecule has 0 radical (unpaired) electrons. The van der Waals surface area contributed by atoms with Crippen LogP contribution in [0.15, 0.2) is 24.3 Å². The molecule has 0 aromatic carbocycles. The molecule has 0 amide bonds. The molecule has 1 rings (SSSR count). The van der Waals surface area contributed by atoms with Gasteiger partial charge in [-0.2, -0.15) is 0 Å². The first-order valence-electron chi connectivity index (χ1n) is 3.26. The molecule has 0 fully saturated rings. The number of cyclic esters (lactones) is 1. The minimum atomic E-state index is -0.201. The minimum Gasteiger partial charge on any atom is -0.455 e. The van der Waals surface area contributed by atoms with Gasteiger partial charge in [0, 0.05) is 5.57 Å². The van der Waals surface area contributed by atoms with Crippen LogP contribution in [0.1, 0.15) is 13.3 Å². The summed E-state index contributed by atoms with van der Waals surface area (Å²) in [5, 5.41) is 0. The van der Waals surface area contributed by atoms with Gasteiger partial charge in [0.2, 0.25) is 0 Å². The van der Waals surface area contributed by atoms with E-state index in [9.17, 15) is 4.79 Å². The number of hydrogen-bond acceptors (Lipinski definition) is 2. The zero-order chi connectivity index (χ0) is 7.56. The lowest BCUT2D eigenvalue weighted by atomic mass is 10.2. The molecule has 0 aromatic heterocycles. The zero-order valence-electron chi connectivity index (χ0n) is 5.96. The van der Waals surface area contributed by atoms with E-state index in [0.29, 0.717) is 6.42 Å². The maximum absolute atomic E-state index is 10.8. The van der Waals surface area contributed by atoms with Gasteiger partial charge < -0.3 is 4.74 Å². The van der Waals surface area contributed by atoms with E-state index in [-0.39, 0.29) is 12.1 Å². The quantitative estimate of drug-likeness (QED) is 0.426. The molecule has 1 aliphatic heterocycles. The monoisotopic (exact) mass is 138 g/mol. The summed E-state index contributed by atoms with van der Waals surface area (Å²) in [6.45, 7) is 5.38. The van der Waals surface area contributed by atoms with Gasteiger partial charge in [-0.3, -0.25) is 0 Å². The van der Waals surface area contributed by atoms with E-state index in [1.165, 1.54) is 0 Å². The fourth-order valence-electron chi connectivity index (χ4n) is 0.937. The standard InChI is InChI=1S/C8H10O2/c1-3-4-7-5-6(2)10-8(7)9/h3,5-6H,1,4H2,2H3. The number of carbonyl (C=O) groups is 1. The predicted octanol–water partition coefficient (Wildman–Crippen LogP) is 1.43. The van der Waals surface area contributed by atoms with Crippen LogP contribution >= 0.6 is 0 Å². The summed E-state index contributed by atoms with van der Waals surface area (Å²) in [7, 11) is 0. The largest absolute Gasteiger partial charge is 0.455 e. The molecule has 1 unspecified atom stereocenters. The summed E-state index contributed by atoms with van der Waals surface area (Å²) >= 11 is 0. The molecule has 2 nitrogen and oxygen atoms in total. The molecule has 1 heterocycles. The number of rotatable bonds is 2. The van der Waals surface area contributed by atoms with Crippen molar-refractivity contribution >= 4 is 5.97 Å². The lowest BCUT2D eigenvalue weighted by Gasteiger charge is -1.96. The Kier molecular flexibility index (Phi) is 1.90. The van der Waals surface area contributed by atoms with E-state index in [1.807, 2.05) is 13.0 Å². The second-order valence-electron chi connectivity index (χ2n) is 2.30. The van der Waals surface area contributed by atoms with Crippen molar-refractivity contribution in [2.45, 2.75) is 19.4 Å². The number of esters is 1. The first-order valence-corrected chi connectivity index (χ1v) is 3.26. The van der Waals surface area contributed by atoms with Crippen molar-refractivity contribution in [3.63, 3.8) is 0 Å². The number of carbonyl (C=O) groups excluding carboxylic acids is 1. The van der Waals surface area contributed by atoms with Crippen LogP contribution in [0, 0.1) is 0 Å². The Labute approximate surface area is 60.2 Å². The Hall–Kier alpha value is -1.05. The normalized spacial score (nSPS) is 23.9. The number of ether oxygens (including phenoxy) is 1. The molecule has 2 heteroatoms. The SMILES string of the molecule is C=CCC1=CC(C)OC1=O. The van der Waals surface area contributed by atoms with E-state index in [0.717, 1.165) is 5.57 Å². The Morgan fingerprint density at radius 2 is 2.60 bits per heavy atom. The van der Waals surface area contributed by atoms with E-state index >= 15 is 0 Å². The van der Waals surface area contributed by atoms with Crippen molar-refractivity contribution in [1.82, 2.24) is 0 Å². The molecular formula is C8H10O2. The molecule has 0 aliphatic carbocycles. The van der Waals surface area contributed by atoms with E-state index < -0.39 is 0 Å². The third-order valence-corrected chi connectivity index (χ3v) is 1.36. The molecular weight excluding hydrogens is 128 g/mol. The van der Waals surface area contributed by atoms with Crippen LogP contribution in [-0.2, 0) is 9.53 Å². The lowest BCUT2D eigenvalue weighted by molar-refractivity contribution is -0.139. The average molecular weight is 138 g/mol. The fraction of sp³-hybridized carbons (Fsp3) is 0.375. The molecule has 1 atom stereocenters.